The quantitative estimate of drug-likeness (QED) is 0.520. The summed E-state index contributed by atoms with van der Waals surface area (Å²) in [5.74, 6) is 6.10. The molecule has 0 spiro atoms. The molecular formula is C23H39. The van der Waals surface area contributed by atoms with Crippen molar-refractivity contribution in [3.8, 4) is 0 Å². The van der Waals surface area contributed by atoms with E-state index in [9.17, 15) is 0 Å². The van der Waals surface area contributed by atoms with Crippen molar-refractivity contribution in [2.75, 3.05) is 0 Å². The van der Waals surface area contributed by atoms with Gasteiger partial charge in [-0.2, -0.15) is 0 Å². The van der Waals surface area contributed by atoms with E-state index in [0.29, 0.717) is 10.8 Å². The van der Waals surface area contributed by atoms with Crippen LogP contribution in [0.1, 0.15) is 91.9 Å². The van der Waals surface area contributed by atoms with Crippen LogP contribution < -0.4 is 0 Å². The summed E-state index contributed by atoms with van der Waals surface area (Å²) in [5, 5.41) is 0. The molecule has 0 N–H and O–H groups in total. The van der Waals surface area contributed by atoms with Gasteiger partial charge in [0.1, 0.15) is 0 Å². The molecule has 0 aliphatic heterocycles. The van der Waals surface area contributed by atoms with E-state index in [1.165, 1.54) is 51.4 Å². The van der Waals surface area contributed by atoms with Gasteiger partial charge in [-0.1, -0.05) is 40.5 Å². The predicted molar refractivity (Wildman–Crippen MR) is 99.0 cm³/mol. The third kappa shape index (κ3) is 2.29. The van der Waals surface area contributed by atoms with Gasteiger partial charge >= 0.3 is 0 Å². The van der Waals surface area contributed by atoms with Crippen LogP contribution >= 0.6 is 0 Å². The fourth-order valence-electron chi connectivity index (χ4n) is 8.28. The van der Waals surface area contributed by atoms with Gasteiger partial charge in [0.15, 0.2) is 0 Å². The molecule has 0 heteroatoms. The highest BCUT2D eigenvalue weighted by Gasteiger charge is 2.59. The van der Waals surface area contributed by atoms with E-state index in [0.717, 1.165) is 35.5 Å². The molecule has 4 aliphatic carbocycles. The highest BCUT2D eigenvalue weighted by molar-refractivity contribution is 5.12. The first-order chi connectivity index (χ1) is 11.0. The minimum absolute atomic E-state index is 0.594. The molecule has 0 aromatic carbocycles. The van der Waals surface area contributed by atoms with Crippen molar-refractivity contribution in [3.63, 3.8) is 0 Å². The highest BCUT2D eigenvalue weighted by atomic mass is 14.6. The Morgan fingerprint density at radius 1 is 1.00 bits per heavy atom. The molecule has 0 aromatic rings. The zero-order valence-electron chi connectivity index (χ0n) is 16.1. The summed E-state index contributed by atoms with van der Waals surface area (Å²) >= 11 is 0. The zero-order valence-corrected chi connectivity index (χ0v) is 16.1. The lowest BCUT2D eigenvalue weighted by molar-refractivity contribution is -0.0949. The summed E-state index contributed by atoms with van der Waals surface area (Å²) in [5.41, 5.74) is 1.27. The Hall–Kier alpha value is 0. The Labute approximate surface area is 145 Å². The number of rotatable bonds is 2. The van der Waals surface area contributed by atoms with E-state index in [1.54, 1.807) is 12.8 Å². The molecule has 4 saturated carbocycles. The Morgan fingerprint density at radius 3 is 2.61 bits per heavy atom. The molecule has 131 valence electrons. The van der Waals surface area contributed by atoms with Gasteiger partial charge in [-0.3, -0.25) is 0 Å². The van der Waals surface area contributed by atoms with Crippen LogP contribution in [0.5, 0.6) is 0 Å². The van der Waals surface area contributed by atoms with Crippen LogP contribution in [0.3, 0.4) is 0 Å². The molecule has 0 saturated heterocycles. The van der Waals surface area contributed by atoms with Crippen LogP contribution in [0.25, 0.3) is 0 Å². The first-order valence-electron chi connectivity index (χ1n) is 10.8. The van der Waals surface area contributed by atoms with Crippen LogP contribution in [0, 0.1) is 52.8 Å². The Bertz CT molecular complexity index is 439. The molecule has 23 heavy (non-hydrogen) atoms. The first-order valence-corrected chi connectivity index (χ1v) is 10.8. The van der Waals surface area contributed by atoms with Crippen LogP contribution in [0.4, 0.5) is 0 Å². The second-order valence-corrected chi connectivity index (χ2v) is 10.3. The van der Waals surface area contributed by atoms with Crippen molar-refractivity contribution in [2.45, 2.75) is 91.9 Å². The molecule has 4 rings (SSSR count). The molecule has 4 fully saturated rings. The second kappa shape index (κ2) is 5.77. The van der Waals surface area contributed by atoms with Gasteiger partial charge in [-0.15, -0.1) is 0 Å². The van der Waals surface area contributed by atoms with Gasteiger partial charge in [0.25, 0.3) is 0 Å². The number of hydrogen-bond acceptors (Lipinski definition) is 0. The molecule has 0 nitrogen and oxygen atoms in total. The summed E-state index contributed by atoms with van der Waals surface area (Å²) in [7, 11) is 0. The van der Waals surface area contributed by atoms with Gasteiger partial charge in [-0.05, 0) is 104 Å². The summed E-state index contributed by atoms with van der Waals surface area (Å²) in [6.07, 6.45) is 17.8. The third-order valence-electron chi connectivity index (χ3n) is 9.71. The van der Waals surface area contributed by atoms with Crippen LogP contribution in [-0.2, 0) is 0 Å². The maximum atomic E-state index is 2.79. The van der Waals surface area contributed by atoms with E-state index in [2.05, 4.69) is 34.1 Å². The van der Waals surface area contributed by atoms with Crippen molar-refractivity contribution in [3.05, 3.63) is 6.42 Å². The molecule has 4 aliphatic rings. The maximum Gasteiger partial charge on any atom is -0.0235 e. The second-order valence-electron chi connectivity index (χ2n) is 10.3. The average molecular weight is 316 g/mol. The van der Waals surface area contributed by atoms with Crippen molar-refractivity contribution < 1.29 is 0 Å². The fraction of sp³-hybridized carbons (Fsp3) is 0.957. The topological polar surface area (TPSA) is 0 Å². The molecule has 8 atom stereocenters. The van der Waals surface area contributed by atoms with Gasteiger partial charge in [0.05, 0.1) is 0 Å². The molecule has 0 amide bonds. The maximum absolute atomic E-state index is 2.79. The van der Waals surface area contributed by atoms with Gasteiger partial charge in [0.2, 0.25) is 0 Å². The standard InChI is InChI=1S/C23H39/c1-5-16(2)19-11-12-20-18-10-9-17-8-6-7-14-22(17,3)21(18)13-15-23(19,20)4/h14,16-21H,5-13,15H2,1-4H3/t16-,17?,18+,19-,20+,21+,22+,23-/m1/s1. The average Bonchev–Trinajstić information content (AvgIpc) is 2.91. The van der Waals surface area contributed by atoms with Gasteiger partial charge in [-0.25, -0.2) is 0 Å². The minimum atomic E-state index is 0.594. The van der Waals surface area contributed by atoms with Crippen LogP contribution in [-0.4, -0.2) is 0 Å². The smallest absolute Gasteiger partial charge is 0.0235 e. The highest BCUT2D eigenvalue weighted by Crippen LogP contribution is 2.68. The third-order valence-corrected chi connectivity index (χ3v) is 9.71. The van der Waals surface area contributed by atoms with E-state index in [4.69, 9.17) is 0 Å². The lowest BCUT2D eigenvalue weighted by Crippen LogP contribution is -2.53. The minimum Gasteiger partial charge on any atom is -0.0651 e. The fourth-order valence-corrected chi connectivity index (χ4v) is 8.28. The molecule has 0 aromatic heterocycles. The molecule has 1 unspecified atom stereocenters. The molecule has 0 bridgehead atoms. The Kier molecular flexibility index (Phi) is 4.13. The van der Waals surface area contributed by atoms with E-state index >= 15 is 0 Å². The monoisotopic (exact) mass is 315 g/mol. The van der Waals surface area contributed by atoms with Crippen molar-refractivity contribution in [1.82, 2.24) is 0 Å². The van der Waals surface area contributed by atoms with Crippen LogP contribution in [0.2, 0.25) is 0 Å². The lowest BCUT2D eigenvalue weighted by Gasteiger charge is -2.60. The number of hydrogen-bond donors (Lipinski definition) is 0. The number of fused-ring (bicyclic) bond motifs is 5. The lowest BCUT2D eigenvalue weighted by atomic mass is 9.44. The van der Waals surface area contributed by atoms with Crippen molar-refractivity contribution >= 4 is 0 Å². The summed E-state index contributed by atoms with van der Waals surface area (Å²) in [6, 6.07) is 0. The van der Waals surface area contributed by atoms with E-state index in [-0.39, 0.29) is 0 Å². The summed E-state index contributed by atoms with van der Waals surface area (Å²) < 4.78 is 0. The summed E-state index contributed by atoms with van der Waals surface area (Å²) in [6.45, 7) is 10.3. The van der Waals surface area contributed by atoms with Crippen molar-refractivity contribution in [2.24, 2.45) is 46.3 Å². The normalized spacial score (nSPS) is 54.0. The molecule has 1 radical (unpaired) electrons. The Morgan fingerprint density at radius 2 is 1.83 bits per heavy atom. The van der Waals surface area contributed by atoms with E-state index < -0.39 is 0 Å². The van der Waals surface area contributed by atoms with Crippen LogP contribution in [0.15, 0.2) is 0 Å². The van der Waals surface area contributed by atoms with E-state index in [1.807, 2.05) is 0 Å². The zero-order chi connectivity index (χ0) is 16.2. The molecular weight excluding hydrogens is 276 g/mol. The predicted octanol–water partition coefficient (Wildman–Crippen LogP) is 6.90. The summed E-state index contributed by atoms with van der Waals surface area (Å²) in [4.78, 5) is 0. The Balaban J connectivity index is 1.60. The first kappa shape index (κ1) is 16.5. The SMILES string of the molecule is CC[C@@H](C)[C@H]1CC[C@H]2[C@@H]3CCC4CCC[CH][C@]4(C)[C@H]3CC[C@]12C. The molecule has 0 heterocycles. The van der Waals surface area contributed by atoms with Gasteiger partial charge in [0, 0.05) is 0 Å². The largest absolute Gasteiger partial charge is 0.0651 e. The van der Waals surface area contributed by atoms with Gasteiger partial charge < -0.3 is 0 Å². The van der Waals surface area contributed by atoms with Crippen molar-refractivity contribution in [1.29, 1.82) is 0 Å².